The van der Waals surface area contributed by atoms with Crippen molar-refractivity contribution in [3.63, 3.8) is 0 Å². The van der Waals surface area contributed by atoms with Crippen LogP contribution < -0.4 is 15.6 Å². The third kappa shape index (κ3) is 9.61. The molecule has 0 aliphatic heterocycles. The molecule has 1 saturated carbocycles. The Morgan fingerprint density at radius 3 is 2.44 bits per heavy atom. The lowest BCUT2D eigenvalue weighted by Gasteiger charge is -2.18. The van der Waals surface area contributed by atoms with E-state index in [9.17, 15) is 23.7 Å². The lowest BCUT2D eigenvalue weighted by atomic mass is 10.1. The Kier molecular flexibility index (Phi) is 11.5. The average Bonchev–Trinajstić information content (AvgIpc) is 3.76. The Balaban J connectivity index is 1.40. The summed E-state index contributed by atoms with van der Waals surface area (Å²) in [5.41, 5.74) is 8.63. The Morgan fingerprint density at radius 2 is 1.81 bits per heavy atom. The third-order valence-electron chi connectivity index (χ3n) is 7.08. The van der Waals surface area contributed by atoms with Gasteiger partial charge in [0.15, 0.2) is 5.84 Å². The second kappa shape index (κ2) is 15.5. The van der Waals surface area contributed by atoms with Gasteiger partial charge in [-0.2, -0.15) is 0 Å². The van der Waals surface area contributed by atoms with Gasteiger partial charge in [-0.1, -0.05) is 18.2 Å². The van der Waals surface area contributed by atoms with E-state index in [0.29, 0.717) is 28.1 Å². The molecule has 1 aliphatic carbocycles. The average molecular weight is 683 g/mol. The molecule has 4 rings (SSSR count). The number of imide groups is 1. The van der Waals surface area contributed by atoms with E-state index in [1.165, 1.54) is 30.5 Å². The zero-order valence-corrected chi connectivity index (χ0v) is 27.2. The minimum atomic E-state index is -4.72. The fourth-order valence-corrected chi connectivity index (χ4v) is 4.80. The first kappa shape index (κ1) is 35.5. The van der Waals surface area contributed by atoms with Crippen molar-refractivity contribution < 1.29 is 47.5 Å². The van der Waals surface area contributed by atoms with Gasteiger partial charge in [0.05, 0.1) is 29.7 Å². The van der Waals surface area contributed by atoms with E-state index >= 15 is 0 Å². The molecule has 1 aliphatic rings. The molecule has 0 bridgehead atoms. The summed E-state index contributed by atoms with van der Waals surface area (Å²) >= 11 is 0. The molecule has 48 heavy (non-hydrogen) atoms. The number of aryl methyl sites for hydroxylation is 1. The van der Waals surface area contributed by atoms with Gasteiger partial charge in [0.25, 0.3) is 11.8 Å². The van der Waals surface area contributed by atoms with Gasteiger partial charge in [0.2, 0.25) is 6.79 Å². The highest BCUT2D eigenvalue weighted by molar-refractivity contribution is 7.46. The van der Waals surface area contributed by atoms with Gasteiger partial charge in [0, 0.05) is 24.3 Å². The summed E-state index contributed by atoms with van der Waals surface area (Å²) < 4.78 is 25.3. The number of hydrogen-bond donors (Lipinski definition) is 5. The van der Waals surface area contributed by atoms with Crippen molar-refractivity contribution in [3.05, 3.63) is 82.2 Å². The molecule has 1 heterocycles. The SMILES string of the molecule is CCN(C(=O)OCOC(=O)Cc1ccc(OP(=O)(O)O)cc1)C(=O)c1c[nH]c(C(N=CN)=Nc2cc(C(=O)NC3CC3)ccc2C)c1C. The molecule has 3 amide bonds. The summed E-state index contributed by atoms with van der Waals surface area (Å²) in [4.78, 5) is 81.3. The minimum Gasteiger partial charge on any atom is -0.428 e. The van der Waals surface area contributed by atoms with Crippen LogP contribution in [0.25, 0.3) is 0 Å². The van der Waals surface area contributed by atoms with Crippen molar-refractivity contribution in [2.45, 2.75) is 46.1 Å². The highest BCUT2D eigenvalue weighted by atomic mass is 31.2. The van der Waals surface area contributed by atoms with E-state index in [4.69, 9.17) is 25.0 Å². The van der Waals surface area contributed by atoms with Crippen molar-refractivity contribution in [2.24, 2.45) is 15.7 Å². The first-order valence-electron chi connectivity index (χ1n) is 14.7. The second-order valence-corrected chi connectivity index (χ2v) is 11.8. The predicted molar refractivity (Wildman–Crippen MR) is 173 cm³/mol. The normalized spacial score (nSPS) is 13.2. The molecular formula is C31H35N6O10P. The number of phosphoric ester groups is 1. The topological polar surface area (TPSA) is 235 Å². The Labute approximate surface area is 275 Å². The first-order valence-corrected chi connectivity index (χ1v) is 16.2. The summed E-state index contributed by atoms with van der Waals surface area (Å²) in [6, 6.07) is 10.7. The van der Waals surface area contributed by atoms with Crippen molar-refractivity contribution in [1.29, 1.82) is 0 Å². The number of benzene rings is 2. The van der Waals surface area contributed by atoms with E-state index in [1.807, 2.05) is 6.92 Å². The second-order valence-electron chi connectivity index (χ2n) is 10.7. The summed E-state index contributed by atoms with van der Waals surface area (Å²) in [6.07, 6.45) is 3.06. The molecule has 0 spiro atoms. The maximum absolute atomic E-state index is 13.4. The van der Waals surface area contributed by atoms with Crippen molar-refractivity contribution in [3.8, 4) is 5.75 Å². The molecule has 1 aromatic heterocycles. The number of carbonyl (C=O) groups excluding carboxylic acids is 4. The van der Waals surface area contributed by atoms with Crippen molar-refractivity contribution >= 4 is 49.6 Å². The van der Waals surface area contributed by atoms with Gasteiger partial charge in [-0.25, -0.2) is 24.2 Å². The van der Waals surface area contributed by atoms with Gasteiger partial charge in [-0.3, -0.25) is 24.2 Å². The van der Waals surface area contributed by atoms with Crippen molar-refractivity contribution in [1.82, 2.24) is 15.2 Å². The highest BCUT2D eigenvalue weighted by Crippen LogP contribution is 2.37. The van der Waals surface area contributed by atoms with Crippen LogP contribution in [0.5, 0.6) is 5.75 Å². The number of esters is 1. The van der Waals surface area contributed by atoms with Gasteiger partial charge < -0.3 is 30.0 Å². The monoisotopic (exact) mass is 682 g/mol. The lowest BCUT2D eigenvalue weighted by molar-refractivity contribution is -0.151. The molecule has 6 N–H and O–H groups in total. The van der Waals surface area contributed by atoms with Crippen LogP contribution in [0, 0.1) is 13.8 Å². The van der Waals surface area contributed by atoms with Crippen LogP contribution in [-0.2, 0) is 25.3 Å². The number of aromatic nitrogens is 1. The number of nitrogens with one attached hydrogen (secondary N) is 2. The van der Waals surface area contributed by atoms with Crippen LogP contribution >= 0.6 is 7.82 Å². The molecule has 0 unspecified atom stereocenters. The lowest BCUT2D eigenvalue weighted by Crippen LogP contribution is -2.37. The molecule has 3 aromatic rings. The van der Waals surface area contributed by atoms with Gasteiger partial charge in [0.1, 0.15) is 5.75 Å². The van der Waals surface area contributed by atoms with Crippen molar-refractivity contribution in [2.75, 3.05) is 13.3 Å². The number of hydrogen-bond acceptors (Lipinski definition) is 9. The Hall–Kier alpha value is -5.31. The summed E-state index contributed by atoms with van der Waals surface area (Å²) in [5.74, 6) is -1.61. The summed E-state index contributed by atoms with van der Waals surface area (Å²) in [6.45, 7) is 4.20. The van der Waals surface area contributed by atoms with E-state index in [-0.39, 0.29) is 42.1 Å². The number of aromatic amines is 1. The maximum atomic E-state index is 13.4. The van der Waals surface area contributed by atoms with Gasteiger partial charge >= 0.3 is 19.9 Å². The number of amides is 3. The maximum Gasteiger partial charge on any atom is 0.524 e. The minimum absolute atomic E-state index is 0.0641. The molecule has 254 valence electrons. The number of nitrogens with zero attached hydrogens (tertiary/aromatic N) is 3. The largest absolute Gasteiger partial charge is 0.524 e. The molecular weight excluding hydrogens is 647 g/mol. The fraction of sp³-hybridized carbons (Fsp3) is 0.290. The zero-order chi connectivity index (χ0) is 35.0. The zero-order valence-electron chi connectivity index (χ0n) is 26.3. The fourth-order valence-electron chi connectivity index (χ4n) is 4.40. The number of rotatable bonds is 12. The third-order valence-corrected chi connectivity index (χ3v) is 7.53. The number of carbonyl (C=O) groups is 4. The first-order chi connectivity index (χ1) is 22.8. The standard InChI is InChI=1S/C31H35N6O10P/c1-4-37(31(41)46-17-45-26(38)13-20-6-11-23(12-7-20)47-48(42,43)44)30(40)24-15-33-27(19(24)3)28(34-16-32)36-25-14-21(8-5-18(25)2)29(39)35-22-9-10-22/h5-8,11-12,14-16,22,33H,4,9-10,13,17H2,1-3H3,(H,35,39)(H2,32,34,36)(H2,42,43,44). The van der Waals surface area contributed by atoms with Gasteiger partial charge in [-0.15, -0.1) is 0 Å². The molecule has 0 saturated heterocycles. The molecule has 16 nitrogen and oxygen atoms in total. The van der Waals surface area contributed by atoms with Gasteiger partial charge in [-0.05, 0) is 74.6 Å². The van der Waals surface area contributed by atoms with Crippen LogP contribution in [0.3, 0.4) is 0 Å². The van der Waals surface area contributed by atoms with Crippen LogP contribution in [0.1, 0.15) is 62.9 Å². The number of ether oxygens (including phenoxy) is 2. The molecule has 0 atom stereocenters. The summed E-state index contributed by atoms with van der Waals surface area (Å²) in [5, 5.41) is 2.94. The Morgan fingerprint density at radius 1 is 1.10 bits per heavy atom. The van der Waals surface area contributed by atoms with E-state index in [1.54, 1.807) is 32.0 Å². The van der Waals surface area contributed by atoms with Crippen LogP contribution in [0.4, 0.5) is 10.5 Å². The molecule has 1 fully saturated rings. The molecule has 17 heteroatoms. The van der Waals surface area contributed by atoms with E-state index in [0.717, 1.165) is 29.6 Å². The van der Waals surface area contributed by atoms with Crippen LogP contribution in [0.15, 0.2) is 58.6 Å². The number of H-pyrrole nitrogens is 1. The number of aliphatic imine (C=N–C) groups is 2. The number of nitrogens with two attached hydrogens (primary N) is 1. The number of phosphoric acid groups is 1. The predicted octanol–water partition coefficient (Wildman–Crippen LogP) is 3.40. The van der Waals surface area contributed by atoms with Crippen LogP contribution in [-0.4, -0.2) is 75.1 Å². The summed E-state index contributed by atoms with van der Waals surface area (Å²) in [7, 11) is -4.72. The van der Waals surface area contributed by atoms with E-state index < -0.39 is 32.6 Å². The highest BCUT2D eigenvalue weighted by Gasteiger charge is 2.28. The molecule has 2 aromatic carbocycles. The Bertz CT molecular complexity index is 1790. The quantitative estimate of drug-likeness (QED) is 0.0610. The van der Waals surface area contributed by atoms with E-state index in [2.05, 4.69) is 24.8 Å². The van der Waals surface area contributed by atoms with Crippen LogP contribution in [0.2, 0.25) is 0 Å². The number of amidine groups is 1. The smallest absolute Gasteiger partial charge is 0.428 e. The molecule has 0 radical (unpaired) electrons.